The van der Waals surface area contributed by atoms with E-state index in [0.29, 0.717) is 34.5 Å². The van der Waals surface area contributed by atoms with Crippen LogP contribution in [0.3, 0.4) is 0 Å². The van der Waals surface area contributed by atoms with Crippen molar-refractivity contribution in [1.82, 2.24) is 0 Å². The van der Waals surface area contributed by atoms with Crippen LogP contribution in [0.15, 0.2) is 22.7 Å². The van der Waals surface area contributed by atoms with E-state index in [-0.39, 0.29) is 5.78 Å². The van der Waals surface area contributed by atoms with Crippen molar-refractivity contribution < 1.29 is 19.4 Å². The molecule has 2 rings (SSSR count). The largest absolute Gasteiger partial charge is 0.497 e. The average molecular weight is 355 g/mol. The fourth-order valence-corrected chi connectivity index (χ4v) is 3.61. The Morgan fingerprint density at radius 1 is 1.33 bits per heavy atom. The molecule has 4 nitrogen and oxygen atoms in total. The van der Waals surface area contributed by atoms with E-state index in [4.69, 9.17) is 4.74 Å². The number of benzene rings is 1. The van der Waals surface area contributed by atoms with Crippen LogP contribution in [0.2, 0.25) is 0 Å². The summed E-state index contributed by atoms with van der Waals surface area (Å²) in [6.45, 7) is 2.04. The predicted octanol–water partition coefficient (Wildman–Crippen LogP) is 3.78. The lowest BCUT2D eigenvalue weighted by molar-refractivity contribution is -0.142. The number of rotatable bonds is 5. The van der Waals surface area contributed by atoms with Gasteiger partial charge in [0.2, 0.25) is 0 Å². The van der Waals surface area contributed by atoms with Gasteiger partial charge >= 0.3 is 5.97 Å². The summed E-state index contributed by atoms with van der Waals surface area (Å²) >= 11 is 3.38. The summed E-state index contributed by atoms with van der Waals surface area (Å²) in [6, 6.07) is 5.15. The lowest BCUT2D eigenvalue weighted by Gasteiger charge is -2.15. The van der Waals surface area contributed by atoms with Crippen LogP contribution in [-0.4, -0.2) is 24.0 Å². The number of aliphatic carboxylic acids is 1. The van der Waals surface area contributed by atoms with Gasteiger partial charge in [-0.25, -0.2) is 0 Å². The van der Waals surface area contributed by atoms with E-state index in [1.807, 2.05) is 6.92 Å². The van der Waals surface area contributed by atoms with Crippen LogP contribution in [0.4, 0.5) is 0 Å². The molecule has 1 aromatic carbocycles. The number of carboxylic acids is 1. The maximum absolute atomic E-state index is 12.7. The minimum Gasteiger partial charge on any atom is -0.497 e. The van der Waals surface area contributed by atoms with Crippen molar-refractivity contribution in [3.05, 3.63) is 28.2 Å². The Balaban J connectivity index is 2.28. The van der Waals surface area contributed by atoms with Crippen molar-refractivity contribution in [3.63, 3.8) is 0 Å². The minimum atomic E-state index is -0.867. The van der Waals surface area contributed by atoms with Crippen LogP contribution in [0, 0.1) is 17.8 Å². The van der Waals surface area contributed by atoms with E-state index in [2.05, 4.69) is 15.9 Å². The molecule has 0 saturated heterocycles. The number of methoxy groups -OCH3 is 1. The zero-order valence-corrected chi connectivity index (χ0v) is 13.7. The van der Waals surface area contributed by atoms with E-state index in [9.17, 15) is 14.7 Å². The molecule has 0 heterocycles. The first-order valence-corrected chi connectivity index (χ1v) is 7.87. The Morgan fingerprint density at radius 3 is 2.52 bits per heavy atom. The topological polar surface area (TPSA) is 63.6 Å². The number of halogens is 1. The molecule has 0 radical (unpaired) electrons. The second-order valence-electron chi connectivity index (χ2n) is 5.51. The summed E-state index contributed by atoms with van der Waals surface area (Å²) in [6.07, 6.45) is 2.16. The molecule has 0 bridgehead atoms. The van der Waals surface area contributed by atoms with E-state index in [1.54, 1.807) is 25.3 Å². The number of hydrogen-bond donors (Lipinski definition) is 1. The minimum absolute atomic E-state index is 0.0899. The molecule has 0 spiro atoms. The third-order valence-electron chi connectivity index (χ3n) is 4.33. The number of Topliss-reactive ketones (excluding diaryl/α,β-unsaturated/α-hetero) is 1. The van der Waals surface area contributed by atoms with Gasteiger partial charge in [0.25, 0.3) is 0 Å². The molecular formula is C16H19BrO4. The van der Waals surface area contributed by atoms with Crippen molar-refractivity contribution in [1.29, 1.82) is 0 Å². The zero-order chi connectivity index (χ0) is 15.6. The Bertz CT molecular complexity index is 555. The van der Waals surface area contributed by atoms with Crippen molar-refractivity contribution >= 4 is 27.7 Å². The molecule has 1 saturated carbocycles. The first kappa shape index (κ1) is 16.0. The Morgan fingerprint density at radius 2 is 2.00 bits per heavy atom. The van der Waals surface area contributed by atoms with E-state index < -0.39 is 17.8 Å². The lowest BCUT2D eigenvalue weighted by Crippen LogP contribution is -2.25. The van der Waals surface area contributed by atoms with Crippen LogP contribution in [0.1, 0.15) is 36.5 Å². The molecule has 0 aliphatic heterocycles. The van der Waals surface area contributed by atoms with Gasteiger partial charge in [-0.3, -0.25) is 9.59 Å². The van der Waals surface area contributed by atoms with Gasteiger partial charge in [-0.2, -0.15) is 0 Å². The van der Waals surface area contributed by atoms with Gasteiger partial charge in [0.05, 0.1) is 13.0 Å². The third-order valence-corrected chi connectivity index (χ3v) is 4.99. The highest BCUT2D eigenvalue weighted by Crippen LogP contribution is 2.41. The number of carbonyl (C=O) groups is 2. The Labute approximate surface area is 132 Å². The molecular weight excluding hydrogens is 336 g/mol. The van der Waals surface area contributed by atoms with Gasteiger partial charge in [-0.05, 0) is 52.9 Å². The van der Waals surface area contributed by atoms with E-state index >= 15 is 0 Å². The van der Waals surface area contributed by atoms with Gasteiger partial charge in [-0.15, -0.1) is 0 Å². The summed E-state index contributed by atoms with van der Waals surface area (Å²) in [4.78, 5) is 24.1. The third kappa shape index (κ3) is 3.28. The van der Waals surface area contributed by atoms with Crippen LogP contribution in [-0.2, 0) is 4.79 Å². The summed E-state index contributed by atoms with van der Waals surface area (Å²) in [5, 5.41) is 9.36. The molecule has 5 heteroatoms. The van der Waals surface area contributed by atoms with Crippen molar-refractivity contribution in [2.75, 3.05) is 7.11 Å². The SMILES string of the molecule is CCC1CC(C(=O)O)C(C(=O)c2ccc(OC)cc2Br)C1. The van der Waals surface area contributed by atoms with Crippen LogP contribution in [0.25, 0.3) is 0 Å². The summed E-state index contributed by atoms with van der Waals surface area (Å²) in [7, 11) is 1.56. The first-order valence-electron chi connectivity index (χ1n) is 7.08. The smallest absolute Gasteiger partial charge is 0.307 e. The van der Waals surface area contributed by atoms with Crippen LogP contribution >= 0.6 is 15.9 Å². The van der Waals surface area contributed by atoms with Gasteiger partial charge < -0.3 is 9.84 Å². The monoisotopic (exact) mass is 354 g/mol. The number of hydrogen-bond acceptors (Lipinski definition) is 3. The molecule has 1 aliphatic rings. The molecule has 1 fully saturated rings. The van der Waals surface area contributed by atoms with E-state index in [1.165, 1.54) is 0 Å². The highest BCUT2D eigenvalue weighted by Gasteiger charge is 2.42. The highest BCUT2D eigenvalue weighted by molar-refractivity contribution is 9.10. The number of ketones is 1. The predicted molar refractivity (Wildman–Crippen MR) is 82.7 cm³/mol. The molecule has 1 N–H and O–H groups in total. The number of carbonyl (C=O) groups excluding carboxylic acids is 1. The summed E-state index contributed by atoms with van der Waals surface area (Å²) in [5.41, 5.74) is 0.531. The van der Waals surface area contributed by atoms with Crippen molar-refractivity contribution in [3.8, 4) is 5.75 Å². The first-order chi connectivity index (χ1) is 9.97. The molecule has 21 heavy (non-hydrogen) atoms. The Hall–Kier alpha value is -1.36. The van der Waals surface area contributed by atoms with Gasteiger partial charge in [0, 0.05) is 16.0 Å². The lowest BCUT2D eigenvalue weighted by atomic mass is 9.88. The molecule has 3 atom stereocenters. The highest BCUT2D eigenvalue weighted by atomic mass is 79.9. The van der Waals surface area contributed by atoms with Gasteiger partial charge in [-0.1, -0.05) is 13.3 Å². The summed E-state index contributed by atoms with van der Waals surface area (Å²) in [5.74, 6) is -0.987. The summed E-state index contributed by atoms with van der Waals surface area (Å²) < 4.78 is 5.76. The number of ether oxygens (including phenoxy) is 1. The second kappa shape index (κ2) is 6.60. The normalized spacial score (nSPS) is 24.8. The average Bonchev–Trinajstić information content (AvgIpc) is 2.91. The fourth-order valence-electron chi connectivity index (χ4n) is 3.06. The fraction of sp³-hybridized carbons (Fsp3) is 0.500. The second-order valence-corrected chi connectivity index (χ2v) is 6.36. The standard InChI is InChI=1S/C16H19BrO4/c1-3-9-6-12(13(7-9)16(19)20)15(18)11-5-4-10(21-2)8-14(11)17/h4-5,8-9,12-13H,3,6-7H2,1-2H3,(H,19,20). The van der Waals surface area contributed by atoms with Crippen molar-refractivity contribution in [2.24, 2.45) is 17.8 Å². The maximum Gasteiger partial charge on any atom is 0.307 e. The maximum atomic E-state index is 12.7. The molecule has 0 aromatic heterocycles. The van der Waals surface area contributed by atoms with Crippen LogP contribution in [0.5, 0.6) is 5.75 Å². The van der Waals surface area contributed by atoms with E-state index in [0.717, 1.165) is 6.42 Å². The molecule has 114 valence electrons. The molecule has 1 aromatic rings. The van der Waals surface area contributed by atoms with Crippen LogP contribution < -0.4 is 4.74 Å². The zero-order valence-electron chi connectivity index (χ0n) is 12.1. The molecule has 0 amide bonds. The molecule has 3 unspecified atom stereocenters. The number of carboxylic acid groups (broad SMARTS) is 1. The molecule has 1 aliphatic carbocycles. The van der Waals surface area contributed by atoms with Gasteiger partial charge in [0.15, 0.2) is 5.78 Å². The Kier molecular flexibility index (Phi) is 5.04. The van der Waals surface area contributed by atoms with Crippen molar-refractivity contribution in [2.45, 2.75) is 26.2 Å². The quantitative estimate of drug-likeness (QED) is 0.817. The van der Waals surface area contributed by atoms with Gasteiger partial charge in [0.1, 0.15) is 5.75 Å².